The van der Waals surface area contributed by atoms with Gasteiger partial charge in [0.2, 0.25) is 0 Å². The Morgan fingerprint density at radius 3 is 2.47 bits per heavy atom. The number of nitrogen functional groups attached to an aromatic ring is 1. The second-order valence-corrected chi connectivity index (χ2v) is 4.88. The van der Waals surface area contributed by atoms with E-state index in [4.69, 9.17) is 11.0 Å². The van der Waals surface area contributed by atoms with Crippen molar-refractivity contribution in [2.75, 3.05) is 5.73 Å². The third-order valence-corrected chi connectivity index (χ3v) is 3.44. The SMILES string of the molecule is Cc1cc(Sc2ccccc2)cc(C#N)c1N. The zero-order valence-electron chi connectivity index (χ0n) is 9.47. The summed E-state index contributed by atoms with van der Waals surface area (Å²) < 4.78 is 0. The Bertz CT molecular complexity index is 571. The van der Waals surface area contributed by atoms with Crippen LogP contribution in [0.5, 0.6) is 0 Å². The summed E-state index contributed by atoms with van der Waals surface area (Å²) >= 11 is 1.63. The van der Waals surface area contributed by atoms with Crippen molar-refractivity contribution in [3.8, 4) is 6.07 Å². The number of hydrogen-bond acceptors (Lipinski definition) is 3. The van der Waals surface area contributed by atoms with Crippen molar-refractivity contribution in [2.45, 2.75) is 16.7 Å². The Labute approximate surface area is 105 Å². The Balaban J connectivity index is 2.35. The highest BCUT2D eigenvalue weighted by atomic mass is 32.2. The molecule has 0 aliphatic rings. The predicted octanol–water partition coefficient (Wildman–Crippen LogP) is 3.60. The lowest BCUT2D eigenvalue weighted by atomic mass is 10.1. The van der Waals surface area contributed by atoms with Gasteiger partial charge in [0.25, 0.3) is 0 Å². The van der Waals surface area contributed by atoms with E-state index in [0.29, 0.717) is 11.3 Å². The first-order chi connectivity index (χ1) is 8.20. The zero-order valence-corrected chi connectivity index (χ0v) is 10.3. The first-order valence-corrected chi connectivity index (χ1v) is 6.05. The Hall–Kier alpha value is -1.92. The van der Waals surface area contributed by atoms with Crippen LogP contribution in [0.25, 0.3) is 0 Å². The van der Waals surface area contributed by atoms with Crippen molar-refractivity contribution in [3.63, 3.8) is 0 Å². The summed E-state index contributed by atoms with van der Waals surface area (Å²) in [6, 6.07) is 16.0. The molecule has 0 atom stereocenters. The van der Waals surface area contributed by atoms with E-state index in [1.165, 1.54) is 0 Å². The minimum atomic E-state index is 0.545. The van der Waals surface area contributed by atoms with Gasteiger partial charge in [-0.2, -0.15) is 5.26 Å². The molecule has 3 heteroatoms. The van der Waals surface area contributed by atoms with Gasteiger partial charge in [-0.1, -0.05) is 30.0 Å². The summed E-state index contributed by atoms with van der Waals surface area (Å²) in [5.74, 6) is 0. The second kappa shape index (κ2) is 4.94. The van der Waals surface area contributed by atoms with Crippen LogP contribution in [0.4, 0.5) is 5.69 Å². The summed E-state index contributed by atoms with van der Waals surface area (Å²) in [6.07, 6.45) is 0. The lowest BCUT2D eigenvalue weighted by Crippen LogP contribution is -1.94. The fourth-order valence-corrected chi connectivity index (χ4v) is 2.52. The number of benzene rings is 2. The van der Waals surface area contributed by atoms with Crippen LogP contribution in [0.1, 0.15) is 11.1 Å². The van der Waals surface area contributed by atoms with Crippen LogP contribution in [-0.4, -0.2) is 0 Å². The van der Waals surface area contributed by atoms with Crippen molar-refractivity contribution in [1.29, 1.82) is 5.26 Å². The quantitative estimate of drug-likeness (QED) is 0.816. The lowest BCUT2D eigenvalue weighted by Gasteiger charge is -2.07. The maximum absolute atomic E-state index is 8.99. The molecular formula is C14H12N2S. The van der Waals surface area contributed by atoms with Gasteiger partial charge in [0.1, 0.15) is 6.07 Å². The predicted molar refractivity (Wildman–Crippen MR) is 70.9 cm³/mol. The van der Waals surface area contributed by atoms with Crippen LogP contribution in [0.15, 0.2) is 52.3 Å². The standard InChI is InChI=1S/C14H12N2S/c1-10-7-13(8-11(9-15)14(10)16)17-12-5-3-2-4-6-12/h2-8H,16H2,1H3. The first-order valence-electron chi connectivity index (χ1n) is 5.24. The number of nitriles is 1. The Morgan fingerprint density at radius 2 is 1.82 bits per heavy atom. The highest BCUT2D eigenvalue weighted by Crippen LogP contribution is 2.31. The number of aryl methyl sites for hydroxylation is 1. The van der Waals surface area contributed by atoms with E-state index in [9.17, 15) is 0 Å². The molecule has 2 aromatic rings. The van der Waals surface area contributed by atoms with Gasteiger partial charge >= 0.3 is 0 Å². The fraction of sp³-hybridized carbons (Fsp3) is 0.0714. The maximum atomic E-state index is 8.99. The van der Waals surface area contributed by atoms with Crippen molar-refractivity contribution < 1.29 is 0 Å². The zero-order chi connectivity index (χ0) is 12.3. The number of nitrogens with two attached hydrogens (primary N) is 1. The van der Waals surface area contributed by atoms with Crippen LogP contribution in [0.2, 0.25) is 0 Å². The molecule has 0 saturated heterocycles. The molecule has 0 bridgehead atoms. The number of anilines is 1. The second-order valence-electron chi connectivity index (χ2n) is 3.73. The monoisotopic (exact) mass is 240 g/mol. The van der Waals surface area contributed by atoms with Gasteiger partial charge < -0.3 is 5.73 Å². The Morgan fingerprint density at radius 1 is 1.12 bits per heavy atom. The van der Waals surface area contributed by atoms with Gasteiger partial charge in [0, 0.05) is 9.79 Å². The molecule has 0 fully saturated rings. The third-order valence-electron chi connectivity index (χ3n) is 2.46. The first kappa shape index (κ1) is 11.6. The van der Waals surface area contributed by atoms with Crippen molar-refractivity contribution in [3.05, 3.63) is 53.6 Å². The summed E-state index contributed by atoms with van der Waals surface area (Å²) in [4.78, 5) is 2.19. The lowest BCUT2D eigenvalue weighted by molar-refractivity contribution is 1.32. The minimum absolute atomic E-state index is 0.545. The number of rotatable bonds is 2. The van der Waals surface area contributed by atoms with E-state index >= 15 is 0 Å². The molecule has 0 saturated carbocycles. The molecule has 2 rings (SSSR count). The van der Waals surface area contributed by atoms with Gasteiger partial charge in [0.05, 0.1) is 11.3 Å². The molecule has 17 heavy (non-hydrogen) atoms. The van der Waals surface area contributed by atoms with Crippen molar-refractivity contribution >= 4 is 17.4 Å². The highest BCUT2D eigenvalue weighted by molar-refractivity contribution is 7.99. The molecule has 2 nitrogen and oxygen atoms in total. The van der Waals surface area contributed by atoms with E-state index in [0.717, 1.165) is 15.4 Å². The molecule has 0 aliphatic carbocycles. The van der Waals surface area contributed by atoms with Crippen LogP contribution >= 0.6 is 11.8 Å². The molecule has 0 spiro atoms. The van der Waals surface area contributed by atoms with Gasteiger partial charge in [-0.25, -0.2) is 0 Å². The molecule has 0 amide bonds. The van der Waals surface area contributed by atoms with Gasteiger partial charge in [0.15, 0.2) is 0 Å². The van der Waals surface area contributed by atoms with Gasteiger partial charge in [-0.05, 0) is 36.8 Å². The fourth-order valence-electron chi connectivity index (χ4n) is 1.54. The minimum Gasteiger partial charge on any atom is -0.397 e. The van der Waals surface area contributed by atoms with Gasteiger partial charge in [-0.3, -0.25) is 0 Å². The summed E-state index contributed by atoms with van der Waals surface area (Å²) in [5.41, 5.74) is 7.89. The molecular weight excluding hydrogens is 228 g/mol. The smallest absolute Gasteiger partial charge is 0.101 e. The van der Waals surface area contributed by atoms with Gasteiger partial charge in [-0.15, -0.1) is 0 Å². The van der Waals surface area contributed by atoms with Crippen LogP contribution in [0.3, 0.4) is 0 Å². The topological polar surface area (TPSA) is 49.8 Å². The summed E-state index contributed by atoms with van der Waals surface area (Å²) in [6.45, 7) is 1.92. The molecule has 0 aliphatic heterocycles. The van der Waals surface area contributed by atoms with Crippen LogP contribution < -0.4 is 5.73 Å². The van der Waals surface area contributed by atoms with Crippen LogP contribution in [0, 0.1) is 18.3 Å². The largest absolute Gasteiger partial charge is 0.397 e. The van der Waals surface area contributed by atoms with E-state index < -0.39 is 0 Å². The van der Waals surface area contributed by atoms with Crippen LogP contribution in [-0.2, 0) is 0 Å². The molecule has 0 heterocycles. The molecule has 0 unspecified atom stereocenters. The summed E-state index contributed by atoms with van der Waals surface area (Å²) in [5, 5.41) is 8.99. The average Bonchev–Trinajstić information content (AvgIpc) is 2.35. The third kappa shape index (κ3) is 2.61. The molecule has 0 radical (unpaired) electrons. The highest BCUT2D eigenvalue weighted by Gasteiger charge is 2.05. The van der Waals surface area contributed by atoms with E-state index in [-0.39, 0.29) is 0 Å². The van der Waals surface area contributed by atoms with E-state index in [1.807, 2.05) is 49.4 Å². The Kier molecular flexibility index (Phi) is 3.36. The molecule has 2 N–H and O–H groups in total. The van der Waals surface area contributed by atoms with Crippen molar-refractivity contribution in [1.82, 2.24) is 0 Å². The maximum Gasteiger partial charge on any atom is 0.101 e. The average molecular weight is 240 g/mol. The normalized spacial score (nSPS) is 9.88. The summed E-state index contributed by atoms with van der Waals surface area (Å²) in [7, 11) is 0. The number of hydrogen-bond donors (Lipinski definition) is 1. The van der Waals surface area contributed by atoms with Crippen molar-refractivity contribution in [2.24, 2.45) is 0 Å². The van der Waals surface area contributed by atoms with E-state index in [2.05, 4.69) is 6.07 Å². The number of nitrogens with zero attached hydrogens (tertiary/aromatic N) is 1. The molecule has 2 aromatic carbocycles. The molecule has 84 valence electrons. The molecule has 0 aromatic heterocycles. The van der Waals surface area contributed by atoms with E-state index in [1.54, 1.807) is 11.8 Å².